The Balaban J connectivity index is 1.99. The van der Waals surface area contributed by atoms with Gasteiger partial charge in [-0.3, -0.25) is 0 Å². The normalized spacial score (nSPS) is 29.2. The van der Waals surface area contributed by atoms with Gasteiger partial charge in [0.25, 0.3) is 0 Å². The predicted molar refractivity (Wildman–Crippen MR) is 82.7 cm³/mol. The minimum absolute atomic E-state index is 0.0857. The first-order valence-corrected chi connectivity index (χ1v) is 8.04. The van der Waals surface area contributed by atoms with Gasteiger partial charge in [0.15, 0.2) is 11.5 Å². The predicted octanol–water partition coefficient (Wildman–Crippen LogP) is 3.88. The van der Waals surface area contributed by atoms with E-state index in [4.69, 9.17) is 9.47 Å². The summed E-state index contributed by atoms with van der Waals surface area (Å²) in [6.07, 6.45) is 4.19. The molecular formula is C18H26O3. The van der Waals surface area contributed by atoms with Gasteiger partial charge in [-0.05, 0) is 41.9 Å². The van der Waals surface area contributed by atoms with Crippen molar-refractivity contribution in [2.24, 2.45) is 11.3 Å². The fraction of sp³-hybridized carbons (Fsp3) is 0.667. The van der Waals surface area contributed by atoms with Crippen LogP contribution in [0.4, 0.5) is 0 Å². The fourth-order valence-electron chi connectivity index (χ4n) is 3.96. The molecule has 3 rings (SSSR count). The van der Waals surface area contributed by atoms with Gasteiger partial charge in [0.1, 0.15) is 13.2 Å². The molecule has 1 fully saturated rings. The van der Waals surface area contributed by atoms with Crippen LogP contribution < -0.4 is 9.47 Å². The number of rotatable bonds is 1. The van der Waals surface area contributed by atoms with Gasteiger partial charge in [-0.25, -0.2) is 0 Å². The van der Waals surface area contributed by atoms with Crippen molar-refractivity contribution >= 4 is 0 Å². The first kappa shape index (κ1) is 14.7. The maximum atomic E-state index is 11.4. The Morgan fingerprint density at radius 1 is 1.10 bits per heavy atom. The summed E-state index contributed by atoms with van der Waals surface area (Å²) in [5.74, 6) is 1.82. The first-order valence-electron chi connectivity index (χ1n) is 8.04. The summed E-state index contributed by atoms with van der Waals surface area (Å²) in [5, 5.41) is 11.4. The van der Waals surface area contributed by atoms with Crippen molar-refractivity contribution in [1.82, 2.24) is 0 Å². The van der Waals surface area contributed by atoms with Gasteiger partial charge in [-0.15, -0.1) is 0 Å². The molecule has 1 N–H and O–H groups in total. The molecule has 1 aliphatic carbocycles. The van der Waals surface area contributed by atoms with Crippen molar-refractivity contribution in [3.63, 3.8) is 0 Å². The van der Waals surface area contributed by atoms with E-state index in [0.29, 0.717) is 13.2 Å². The van der Waals surface area contributed by atoms with Gasteiger partial charge in [0, 0.05) is 0 Å². The molecule has 1 aromatic rings. The maximum Gasteiger partial charge on any atom is 0.161 e. The van der Waals surface area contributed by atoms with Crippen molar-refractivity contribution < 1.29 is 14.6 Å². The van der Waals surface area contributed by atoms with E-state index < -0.39 is 5.60 Å². The van der Waals surface area contributed by atoms with Crippen LogP contribution in [0, 0.1) is 11.3 Å². The van der Waals surface area contributed by atoms with Gasteiger partial charge in [-0.1, -0.05) is 39.7 Å². The third-order valence-corrected chi connectivity index (χ3v) is 4.96. The second-order valence-electron chi connectivity index (χ2n) is 7.45. The Morgan fingerprint density at radius 3 is 2.52 bits per heavy atom. The quantitative estimate of drug-likeness (QED) is 0.853. The molecule has 2 aliphatic rings. The van der Waals surface area contributed by atoms with E-state index >= 15 is 0 Å². The maximum absolute atomic E-state index is 11.4. The van der Waals surface area contributed by atoms with E-state index in [1.807, 2.05) is 18.2 Å². The highest BCUT2D eigenvalue weighted by Gasteiger charge is 2.46. The van der Waals surface area contributed by atoms with Gasteiger partial charge >= 0.3 is 0 Å². The number of ether oxygens (including phenoxy) is 2. The van der Waals surface area contributed by atoms with Crippen molar-refractivity contribution in [2.75, 3.05) is 13.2 Å². The third-order valence-electron chi connectivity index (χ3n) is 4.96. The molecule has 116 valence electrons. The topological polar surface area (TPSA) is 38.7 Å². The minimum atomic E-state index is -0.758. The summed E-state index contributed by atoms with van der Waals surface area (Å²) in [6, 6.07) is 5.94. The van der Waals surface area contributed by atoms with Crippen LogP contribution in [0.5, 0.6) is 11.5 Å². The summed E-state index contributed by atoms with van der Waals surface area (Å²) in [5.41, 5.74) is 0.306. The zero-order chi connectivity index (χ0) is 15.1. The average molecular weight is 290 g/mol. The monoisotopic (exact) mass is 290 g/mol. The van der Waals surface area contributed by atoms with Crippen LogP contribution in [0.15, 0.2) is 18.2 Å². The zero-order valence-corrected chi connectivity index (χ0v) is 13.3. The Labute approximate surface area is 127 Å². The molecule has 0 bridgehead atoms. The van der Waals surface area contributed by atoms with E-state index in [2.05, 4.69) is 20.8 Å². The fourth-order valence-corrected chi connectivity index (χ4v) is 3.96. The third kappa shape index (κ3) is 2.64. The summed E-state index contributed by atoms with van der Waals surface area (Å²) in [6.45, 7) is 7.86. The minimum Gasteiger partial charge on any atom is -0.486 e. The molecule has 0 radical (unpaired) electrons. The summed E-state index contributed by atoms with van der Waals surface area (Å²) >= 11 is 0. The Bertz CT molecular complexity index is 518. The van der Waals surface area contributed by atoms with Gasteiger partial charge < -0.3 is 14.6 Å². The average Bonchev–Trinajstić information content (AvgIpc) is 2.46. The molecule has 1 aliphatic heterocycles. The summed E-state index contributed by atoms with van der Waals surface area (Å²) < 4.78 is 11.3. The number of aliphatic hydroxyl groups is 1. The zero-order valence-electron chi connectivity index (χ0n) is 13.3. The molecule has 0 aromatic heterocycles. The van der Waals surface area contributed by atoms with Crippen LogP contribution in [0.25, 0.3) is 0 Å². The highest BCUT2D eigenvalue weighted by molar-refractivity contribution is 5.45. The lowest BCUT2D eigenvalue weighted by Gasteiger charge is -2.47. The van der Waals surface area contributed by atoms with Crippen LogP contribution >= 0.6 is 0 Å². The highest BCUT2D eigenvalue weighted by atomic mass is 16.6. The van der Waals surface area contributed by atoms with Gasteiger partial charge in [-0.2, -0.15) is 0 Å². The SMILES string of the molecule is CC(C)(C)C1CCCCC1(O)c1ccc2c(c1)OCCO2. The second kappa shape index (κ2) is 5.20. The molecule has 1 saturated carbocycles. The summed E-state index contributed by atoms with van der Waals surface area (Å²) in [7, 11) is 0. The lowest BCUT2D eigenvalue weighted by molar-refractivity contribution is -0.0961. The van der Waals surface area contributed by atoms with Crippen molar-refractivity contribution in [1.29, 1.82) is 0 Å². The Kier molecular flexibility index (Phi) is 3.64. The van der Waals surface area contributed by atoms with Gasteiger partial charge in [0.05, 0.1) is 5.60 Å². The Hall–Kier alpha value is -1.22. The molecule has 0 spiro atoms. The van der Waals surface area contributed by atoms with Crippen LogP contribution in [0.3, 0.4) is 0 Å². The second-order valence-corrected chi connectivity index (χ2v) is 7.45. The number of fused-ring (bicyclic) bond motifs is 1. The molecule has 2 unspecified atom stereocenters. The standard InChI is InChI=1S/C18H26O3/c1-17(2,3)16-6-4-5-9-18(16,19)13-7-8-14-15(12-13)21-11-10-20-14/h7-8,12,16,19H,4-6,9-11H2,1-3H3. The van der Waals surface area contributed by atoms with Crippen molar-refractivity contribution in [3.05, 3.63) is 23.8 Å². The Morgan fingerprint density at radius 2 is 1.81 bits per heavy atom. The molecule has 1 aromatic carbocycles. The molecule has 1 heterocycles. The largest absolute Gasteiger partial charge is 0.486 e. The highest BCUT2D eigenvalue weighted by Crippen LogP contribution is 2.50. The van der Waals surface area contributed by atoms with Crippen molar-refractivity contribution in [3.8, 4) is 11.5 Å². The lowest BCUT2D eigenvalue weighted by Crippen LogP contribution is -2.44. The molecule has 2 atom stereocenters. The first-order chi connectivity index (χ1) is 9.91. The summed E-state index contributed by atoms with van der Waals surface area (Å²) in [4.78, 5) is 0. The van der Waals surface area contributed by atoms with Crippen molar-refractivity contribution in [2.45, 2.75) is 52.1 Å². The molecule has 3 heteroatoms. The van der Waals surface area contributed by atoms with Crippen LogP contribution in [-0.4, -0.2) is 18.3 Å². The van der Waals surface area contributed by atoms with E-state index in [-0.39, 0.29) is 11.3 Å². The van der Waals surface area contributed by atoms with Crippen LogP contribution in [-0.2, 0) is 5.60 Å². The van der Waals surface area contributed by atoms with Crippen LogP contribution in [0.2, 0.25) is 0 Å². The number of hydrogen-bond donors (Lipinski definition) is 1. The molecule has 0 saturated heterocycles. The van der Waals surface area contributed by atoms with E-state index in [1.54, 1.807) is 0 Å². The van der Waals surface area contributed by atoms with E-state index in [0.717, 1.165) is 36.3 Å². The van der Waals surface area contributed by atoms with E-state index in [1.165, 1.54) is 6.42 Å². The lowest BCUT2D eigenvalue weighted by atomic mass is 9.61. The molecular weight excluding hydrogens is 264 g/mol. The number of hydrogen-bond acceptors (Lipinski definition) is 3. The molecule has 21 heavy (non-hydrogen) atoms. The smallest absolute Gasteiger partial charge is 0.161 e. The molecule has 0 amide bonds. The number of benzene rings is 1. The van der Waals surface area contributed by atoms with Gasteiger partial charge in [0.2, 0.25) is 0 Å². The molecule has 3 nitrogen and oxygen atoms in total. The van der Waals surface area contributed by atoms with Crippen LogP contribution in [0.1, 0.15) is 52.0 Å². The van der Waals surface area contributed by atoms with E-state index in [9.17, 15) is 5.11 Å².